The van der Waals surface area contributed by atoms with Gasteiger partial charge in [-0.25, -0.2) is 14.4 Å². The molecule has 2 N–H and O–H groups in total. The van der Waals surface area contributed by atoms with Crippen molar-refractivity contribution >= 4 is 35.8 Å². The van der Waals surface area contributed by atoms with E-state index in [0.29, 0.717) is 17.6 Å². The maximum Gasteiger partial charge on any atom is 0.408 e. The Bertz CT molecular complexity index is 2220. The monoisotopic (exact) mass is 947 g/mol. The first kappa shape index (κ1) is 52.2. The molecule has 16 heteroatoms. The van der Waals surface area contributed by atoms with Gasteiger partial charge in [-0.05, 0) is 69.9 Å². The fraction of sp³-hybridized carbons (Fsp3) is 0.615. The minimum absolute atomic E-state index is 0.0261. The lowest BCUT2D eigenvalue weighted by atomic mass is 9.44. The fourth-order valence-electron chi connectivity index (χ4n) is 11.1. The SMILES string of the molecule is CCCCCCC(=O)O[C@@H](C(=O)O[C@H]1C[C@@]2(O)[C@@H](OC(=O)c3ccccc3)[C@@H]3[C@]4(OC(C)=O)CO[C@@H]4C[C@H](OC)[C@@]3(C)C(=O)[C@H](OC)C(=C1C)C2(C)C)[C@@H](NC(=O)OC(C)(C)C)c1ccccc1. The largest absolute Gasteiger partial charge is 0.455 e. The van der Waals surface area contributed by atoms with Crippen LogP contribution in [0.15, 0.2) is 71.8 Å². The summed E-state index contributed by atoms with van der Waals surface area (Å²) >= 11 is 0. The Morgan fingerprint density at radius 1 is 0.912 bits per heavy atom. The highest BCUT2D eigenvalue weighted by atomic mass is 16.6. The van der Waals surface area contributed by atoms with Crippen LogP contribution in [-0.4, -0.2) is 115 Å². The quantitative estimate of drug-likeness (QED) is 0.0745. The average Bonchev–Trinajstić information content (AvgIpc) is 3.27. The van der Waals surface area contributed by atoms with Crippen molar-refractivity contribution in [2.75, 3.05) is 20.8 Å². The van der Waals surface area contributed by atoms with Gasteiger partial charge in [-0.1, -0.05) is 88.6 Å². The van der Waals surface area contributed by atoms with E-state index < -0.39 is 118 Å². The van der Waals surface area contributed by atoms with E-state index in [-0.39, 0.29) is 30.6 Å². The minimum Gasteiger partial charge on any atom is -0.455 e. The highest BCUT2D eigenvalue weighted by Gasteiger charge is 2.78. The third kappa shape index (κ3) is 9.83. The number of carbonyl (C=O) groups excluding carboxylic acids is 6. The molecule has 3 fully saturated rings. The maximum absolute atomic E-state index is 15.8. The predicted octanol–water partition coefficient (Wildman–Crippen LogP) is 7.09. The van der Waals surface area contributed by atoms with Crippen LogP contribution >= 0.6 is 0 Å². The van der Waals surface area contributed by atoms with Crippen LogP contribution in [0.25, 0.3) is 0 Å². The Morgan fingerprint density at radius 3 is 2.12 bits per heavy atom. The van der Waals surface area contributed by atoms with Crippen LogP contribution in [0.2, 0.25) is 0 Å². The number of ketones is 1. The summed E-state index contributed by atoms with van der Waals surface area (Å²) < 4.78 is 49.2. The molecular formula is C52H69NO15. The summed E-state index contributed by atoms with van der Waals surface area (Å²) in [4.78, 5) is 85.8. The Labute approximate surface area is 399 Å². The summed E-state index contributed by atoms with van der Waals surface area (Å²) in [6, 6.07) is 15.2. The summed E-state index contributed by atoms with van der Waals surface area (Å²) in [6.45, 7) is 14.8. The molecule has 16 nitrogen and oxygen atoms in total. The van der Waals surface area contributed by atoms with Gasteiger partial charge >= 0.3 is 30.0 Å². The van der Waals surface area contributed by atoms with Gasteiger partial charge in [-0.15, -0.1) is 0 Å². The van der Waals surface area contributed by atoms with Crippen molar-refractivity contribution in [2.45, 2.75) is 167 Å². The van der Waals surface area contributed by atoms with Gasteiger partial charge in [0.2, 0.25) is 6.10 Å². The minimum atomic E-state index is -2.26. The number of aliphatic hydroxyl groups is 1. The number of unbranched alkanes of at least 4 members (excludes halogenated alkanes) is 3. The molecule has 11 atom stereocenters. The topological polar surface area (TPSA) is 209 Å². The second kappa shape index (κ2) is 20.4. The number of amides is 1. The van der Waals surface area contributed by atoms with E-state index in [0.717, 1.165) is 19.3 Å². The molecule has 68 heavy (non-hydrogen) atoms. The summed E-state index contributed by atoms with van der Waals surface area (Å²) in [5, 5.41) is 16.7. The molecule has 2 saturated carbocycles. The third-order valence-corrected chi connectivity index (χ3v) is 14.5. The van der Waals surface area contributed by atoms with Gasteiger partial charge in [0, 0.05) is 45.8 Å². The standard InChI is InChI=1S/C52H69NO15/c1-12-13-14-21-26-37(55)65-41(39(32-22-17-15-18-23-32)53-47(59)68-48(4,5)6)46(58)64-34-28-52(60)44(66-45(57)33-24-19-16-20-25-33)42-50(9,43(56)40(62-11)38(30(34)2)49(52,7)8)35(61-10)27-36-51(42,29-63-36)67-31(3)54/h15-20,22-25,34-36,39-42,44,60H,12-14,21,26-29H2,1-11H3,(H,53,59)/t34-,35-,36+,39-,40+,41+,42-,44-,50+,51-,52+/m0/s1. The zero-order valence-electron chi connectivity index (χ0n) is 41.2. The Hall–Kier alpha value is -5.16. The summed E-state index contributed by atoms with van der Waals surface area (Å²) in [5.74, 6) is -5.21. The van der Waals surface area contributed by atoms with Crippen LogP contribution in [-0.2, 0) is 57.1 Å². The Kier molecular flexibility index (Phi) is 15.7. The van der Waals surface area contributed by atoms with Gasteiger partial charge in [0.15, 0.2) is 11.4 Å². The van der Waals surface area contributed by atoms with Gasteiger partial charge < -0.3 is 48.3 Å². The number of alkyl carbamates (subject to hydrolysis) is 1. The molecule has 0 spiro atoms. The van der Waals surface area contributed by atoms with Gasteiger partial charge in [-0.3, -0.25) is 14.4 Å². The maximum atomic E-state index is 15.8. The van der Waals surface area contributed by atoms with Crippen LogP contribution in [0.5, 0.6) is 0 Å². The highest BCUT2D eigenvalue weighted by Crippen LogP contribution is 2.65. The third-order valence-electron chi connectivity index (χ3n) is 14.5. The summed E-state index contributed by atoms with van der Waals surface area (Å²) in [7, 11) is 2.79. The van der Waals surface area contributed by atoms with Crippen LogP contribution in [0, 0.1) is 16.7 Å². The molecule has 2 bridgehead atoms. The smallest absolute Gasteiger partial charge is 0.408 e. The van der Waals surface area contributed by atoms with E-state index in [1.807, 2.05) is 6.92 Å². The fourth-order valence-corrected chi connectivity index (χ4v) is 11.1. The van der Waals surface area contributed by atoms with Crippen molar-refractivity contribution in [1.29, 1.82) is 0 Å². The number of hydrogen-bond donors (Lipinski definition) is 2. The molecule has 0 unspecified atom stereocenters. The number of rotatable bonds is 16. The first-order chi connectivity index (χ1) is 32.0. The number of ether oxygens (including phenoxy) is 8. The zero-order valence-corrected chi connectivity index (χ0v) is 41.2. The molecule has 1 amide bonds. The number of hydrogen-bond acceptors (Lipinski definition) is 15. The van der Waals surface area contributed by atoms with E-state index in [2.05, 4.69) is 5.32 Å². The average molecular weight is 948 g/mol. The summed E-state index contributed by atoms with van der Waals surface area (Å²) in [6.07, 6.45) is -6.28. The van der Waals surface area contributed by atoms with Crippen molar-refractivity contribution in [1.82, 2.24) is 5.32 Å². The number of Topliss-reactive ketones (excluding diaryl/α,β-unsaturated/α-hetero) is 1. The van der Waals surface area contributed by atoms with Gasteiger partial charge in [-0.2, -0.15) is 0 Å². The molecule has 6 rings (SSSR count). The highest BCUT2D eigenvalue weighted by molar-refractivity contribution is 5.94. The number of methoxy groups -OCH3 is 2. The van der Waals surface area contributed by atoms with E-state index in [1.54, 1.807) is 109 Å². The van der Waals surface area contributed by atoms with Crippen LogP contribution in [0.1, 0.15) is 129 Å². The number of benzene rings is 2. The first-order valence-corrected chi connectivity index (χ1v) is 23.6. The predicted molar refractivity (Wildman–Crippen MR) is 246 cm³/mol. The van der Waals surface area contributed by atoms with E-state index >= 15 is 9.59 Å². The second-order valence-electron chi connectivity index (χ2n) is 20.3. The van der Waals surface area contributed by atoms with Gasteiger partial charge in [0.25, 0.3) is 0 Å². The van der Waals surface area contributed by atoms with E-state index in [1.165, 1.54) is 21.1 Å². The molecule has 4 aliphatic rings. The van der Waals surface area contributed by atoms with E-state index in [4.69, 9.17) is 37.9 Å². The van der Waals surface area contributed by atoms with Crippen LogP contribution in [0.4, 0.5) is 4.79 Å². The molecule has 1 saturated heterocycles. The lowest BCUT2D eigenvalue weighted by molar-refractivity contribution is -0.347. The molecule has 372 valence electrons. The molecule has 2 aromatic carbocycles. The lowest BCUT2D eigenvalue weighted by Gasteiger charge is -2.67. The number of nitrogens with one attached hydrogen (secondary N) is 1. The normalized spacial score (nSPS) is 30.4. The van der Waals surface area contributed by atoms with Crippen molar-refractivity contribution in [3.05, 3.63) is 82.9 Å². The van der Waals surface area contributed by atoms with Crippen molar-refractivity contribution in [2.24, 2.45) is 16.7 Å². The second-order valence-corrected chi connectivity index (χ2v) is 20.3. The molecule has 1 heterocycles. The van der Waals surface area contributed by atoms with Crippen LogP contribution in [0.3, 0.4) is 0 Å². The Morgan fingerprint density at radius 2 is 1.56 bits per heavy atom. The Balaban J connectivity index is 1.54. The van der Waals surface area contributed by atoms with Crippen molar-refractivity contribution in [3.63, 3.8) is 0 Å². The first-order valence-electron chi connectivity index (χ1n) is 23.6. The van der Waals surface area contributed by atoms with Crippen molar-refractivity contribution < 1.29 is 71.8 Å². The molecule has 0 radical (unpaired) electrons. The molecule has 3 aliphatic carbocycles. The van der Waals surface area contributed by atoms with Gasteiger partial charge in [0.1, 0.15) is 41.7 Å². The molecule has 0 aromatic heterocycles. The van der Waals surface area contributed by atoms with Crippen LogP contribution < -0.4 is 5.32 Å². The number of esters is 4. The molecular weight excluding hydrogens is 879 g/mol. The number of fused-ring (bicyclic) bond motifs is 5. The van der Waals surface area contributed by atoms with Crippen molar-refractivity contribution in [3.8, 4) is 0 Å². The molecule has 2 aromatic rings. The van der Waals surface area contributed by atoms with E-state index in [9.17, 15) is 24.3 Å². The van der Waals surface area contributed by atoms with Gasteiger partial charge in [0.05, 0.1) is 29.6 Å². The zero-order chi connectivity index (χ0) is 50.0. The lowest BCUT2D eigenvalue weighted by Crippen LogP contribution is -2.82. The number of carbonyl (C=O) groups is 6. The summed E-state index contributed by atoms with van der Waals surface area (Å²) in [5.41, 5.74) is -6.90. The molecule has 1 aliphatic heterocycles.